The molecule has 0 aromatic heterocycles. The Balaban J connectivity index is 2.59. The molecule has 0 radical (unpaired) electrons. The van der Waals surface area contributed by atoms with E-state index in [0.29, 0.717) is 11.7 Å². The number of nitrogens with one attached hydrogen (secondary N) is 1. The third-order valence-corrected chi connectivity index (χ3v) is 2.51. The Labute approximate surface area is 106 Å². The number of rotatable bonds is 5. The van der Waals surface area contributed by atoms with Crippen molar-refractivity contribution < 1.29 is 13.2 Å². The van der Waals surface area contributed by atoms with Crippen LogP contribution in [0.3, 0.4) is 0 Å². The van der Waals surface area contributed by atoms with Crippen LogP contribution < -0.4 is 10.2 Å². The molecule has 2 nitrogen and oxygen atoms in total. The van der Waals surface area contributed by atoms with Gasteiger partial charge in [0, 0.05) is 25.3 Å². The molecule has 1 N–H and O–H groups in total. The summed E-state index contributed by atoms with van der Waals surface area (Å²) in [4.78, 5) is 1.19. The fourth-order valence-corrected chi connectivity index (χ4v) is 1.55. The molecule has 0 bridgehead atoms. The third-order valence-electron chi connectivity index (χ3n) is 2.51. The second-order valence-corrected chi connectivity index (χ2v) is 4.67. The summed E-state index contributed by atoms with van der Waals surface area (Å²) in [5.74, 6) is 0. The second kappa shape index (κ2) is 6.09. The van der Waals surface area contributed by atoms with Crippen LogP contribution in [-0.2, 0) is 6.54 Å². The summed E-state index contributed by atoms with van der Waals surface area (Å²) >= 11 is 0. The maximum atomic E-state index is 12.2. The highest BCUT2D eigenvalue weighted by Gasteiger charge is 2.29. The summed E-state index contributed by atoms with van der Waals surface area (Å²) in [6.07, 6.45) is -4.17. The Kier molecular flexibility index (Phi) is 5.02. The molecule has 1 aromatic carbocycles. The van der Waals surface area contributed by atoms with E-state index in [0.717, 1.165) is 12.1 Å². The first kappa shape index (κ1) is 14.8. The summed E-state index contributed by atoms with van der Waals surface area (Å²) in [5, 5.41) is 3.26. The van der Waals surface area contributed by atoms with E-state index in [1.165, 1.54) is 11.9 Å². The van der Waals surface area contributed by atoms with Crippen LogP contribution >= 0.6 is 0 Å². The van der Waals surface area contributed by atoms with Gasteiger partial charge in [-0.05, 0) is 17.7 Å². The fourth-order valence-electron chi connectivity index (χ4n) is 1.55. The van der Waals surface area contributed by atoms with Crippen molar-refractivity contribution in [3.05, 3.63) is 29.8 Å². The van der Waals surface area contributed by atoms with Crippen LogP contribution in [-0.4, -0.2) is 25.8 Å². The van der Waals surface area contributed by atoms with E-state index < -0.39 is 12.7 Å². The van der Waals surface area contributed by atoms with E-state index in [1.54, 1.807) is 12.1 Å². The molecule has 1 rings (SSSR count). The highest BCUT2D eigenvalue weighted by molar-refractivity contribution is 5.47. The lowest BCUT2D eigenvalue weighted by atomic mass is 10.2. The molecule has 0 aliphatic carbocycles. The average Bonchev–Trinajstić information content (AvgIpc) is 2.24. The first-order chi connectivity index (χ1) is 8.28. The van der Waals surface area contributed by atoms with Gasteiger partial charge in [0.1, 0.15) is 6.54 Å². The largest absolute Gasteiger partial charge is 0.405 e. The highest BCUT2D eigenvalue weighted by Crippen LogP contribution is 2.21. The maximum Gasteiger partial charge on any atom is 0.405 e. The summed E-state index contributed by atoms with van der Waals surface area (Å²) in [6, 6.07) is 7.50. The minimum Gasteiger partial charge on any atom is -0.366 e. The van der Waals surface area contributed by atoms with Crippen LogP contribution in [0.4, 0.5) is 18.9 Å². The first-order valence-electron chi connectivity index (χ1n) is 5.88. The van der Waals surface area contributed by atoms with Crippen LogP contribution in [0.15, 0.2) is 24.3 Å². The monoisotopic (exact) mass is 260 g/mol. The van der Waals surface area contributed by atoms with E-state index in [1.807, 2.05) is 26.0 Å². The topological polar surface area (TPSA) is 15.3 Å². The number of benzene rings is 1. The zero-order chi connectivity index (χ0) is 13.8. The Morgan fingerprint density at radius 2 is 1.72 bits per heavy atom. The highest BCUT2D eigenvalue weighted by atomic mass is 19.4. The van der Waals surface area contributed by atoms with Crippen molar-refractivity contribution in [1.29, 1.82) is 0 Å². The Hall–Kier alpha value is -1.23. The van der Waals surface area contributed by atoms with E-state index >= 15 is 0 Å². The predicted octanol–water partition coefficient (Wildman–Crippen LogP) is 3.18. The van der Waals surface area contributed by atoms with E-state index in [9.17, 15) is 13.2 Å². The molecule has 102 valence electrons. The van der Waals surface area contributed by atoms with Gasteiger partial charge in [0.2, 0.25) is 0 Å². The maximum absolute atomic E-state index is 12.2. The number of nitrogens with zero attached hydrogens (tertiary/aromatic N) is 1. The van der Waals surface area contributed by atoms with E-state index in [-0.39, 0.29) is 0 Å². The molecule has 1 aromatic rings. The van der Waals surface area contributed by atoms with Crippen molar-refractivity contribution in [3.8, 4) is 0 Å². The molecule has 18 heavy (non-hydrogen) atoms. The van der Waals surface area contributed by atoms with Gasteiger partial charge in [0.05, 0.1) is 0 Å². The van der Waals surface area contributed by atoms with Gasteiger partial charge < -0.3 is 10.2 Å². The number of hydrogen-bond donors (Lipinski definition) is 1. The molecule has 5 heteroatoms. The van der Waals surface area contributed by atoms with Crippen LogP contribution in [0.2, 0.25) is 0 Å². The van der Waals surface area contributed by atoms with Crippen LogP contribution in [0.25, 0.3) is 0 Å². The summed E-state index contributed by atoms with van der Waals surface area (Å²) in [7, 11) is 1.44. The number of halogens is 3. The third kappa shape index (κ3) is 5.40. The molecular formula is C13H19F3N2. The number of hydrogen-bond acceptors (Lipinski definition) is 2. The normalized spacial score (nSPS) is 11.9. The smallest absolute Gasteiger partial charge is 0.366 e. The zero-order valence-corrected chi connectivity index (χ0v) is 10.9. The molecule has 0 amide bonds. The van der Waals surface area contributed by atoms with Crippen molar-refractivity contribution in [1.82, 2.24) is 5.32 Å². The SMILES string of the molecule is CC(C)NCc1ccc(N(C)CC(F)(F)F)cc1. The van der Waals surface area contributed by atoms with Gasteiger partial charge >= 0.3 is 6.18 Å². The molecule has 0 aliphatic heterocycles. The van der Waals surface area contributed by atoms with Crippen molar-refractivity contribution >= 4 is 5.69 Å². The van der Waals surface area contributed by atoms with Crippen molar-refractivity contribution in [2.45, 2.75) is 32.6 Å². The molecule has 0 fully saturated rings. The molecule has 0 spiro atoms. The standard InChI is InChI=1S/C13H19F3N2/c1-10(2)17-8-11-4-6-12(7-5-11)18(3)9-13(14,15)16/h4-7,10,17H,8-9H2,1-3H3. The second-order valence-electron chi connectivity index (χ2n) is 4.67. The molecule has 0 saturated carbocycles. The van der Waals surface area contributed by atoms with Gasteiger partial charge in [-0.2, -0.15) is 13.2 Å². The lowest BCUT2D eigenvalue weighted by molar-refractivity contribution is -0.119. The molecule has 0 aliphatic rings. The van der Waals surface area contributed by atoms with Crippen molar-refractivity contribution in [3.63, 3.8) is 0 Å². The molecule has 0 saturated heterocycles. The minimum absolute atomic E-state index is 0.387. The van der Waals surface area contributed by atoms with E-state index in [4.69, 9.17) is 0 Å². The Morgan fingerprint density at radius 3 is 2.17 bits per heavy atom. The lowest BCUT2D eigenvalue weighted by Gasteiger charge is -2.21. The van der Waals surface area contributed by atoms with Crippen molar-refractivity contribution in [2.24, 2.45) is 0 Å². The Bertz CT molecular complexity index is 357. The minimum atomic E-state index is -4.17. The van der Waals surface area contributed by atoms with Crippen molar-refractivity contribution in [2.75, 3.05) is 18.5 Å². The van der Waals surface area contributed by atoms with Crippen LogP contribution in [0, 0.1) is 0 Å². The molecule has 0 unspecified atom stereocenters. The summed E-state index contributed by atoms with van der Waals surface area (Å²) < 4.78 is 36.7. The molecule has 0 heterocycles. The van der Waals surface area contributed by atoms with Gasteiger partial charge in [-0.1, -0.05) is 26.0 Å². The summed E-state index contributed by atoms with van der Waals surface area (Å²) in [5.41, 5.74) is 1.63. The molecule has 0 atom stereocenters. The average molecular weight is 260 g/mol. The van der Waals surface area contributed by atoms with Gasteiger partial charge in [0.15, 0.2) is 0 Å². The fraction of sp³-hybridized carbons (Fsp3) is 0.538. The quantitative estimate of drug-likeness (QED) is 0.874. The van der Waals surface area contributed by atoms with E-state index in [2.05, 4.69) is 5.32 Å². The van der Waals surface area contributed by atoms with Gasteiger partial charge in [-0.25, -0.2) is 0 Å². The number of anilines is 1. The zero-order valence-electron chi connectivity index (χ0n) is 10.9. The van der Waals surface area contributed by atoms with Crippen LogP contribution in [0.1, 0.15) is 19.4 Å². The predicted molar refractivity (Wildman–Crippen MR) is 67.7 cm³/mol. The van der Waals surface area contributed by atoms with Gasteiger partial charge in [0.25, 0.3) is 0 Å². The van der Waals surface area contributed by atoms with Gasteiger partial charge in [-0.3, -0.25) is 0 Å². The summed E-state index contributed by atoms with van der Waals surface area (Å²) in [6.45, 7) is 3.88. The molecular weight excluding hydrogens is 241 g/mol. The first-order valence-corrected chi connectivity index (χ1v) is 5.88. The van der Waals surface area contributed by atoms with Gasteiger partial charge in [-0.15, -0.1) is 0 Å². The number of alkyl halides is 3. The Morgan fingerprint density at radius 1 is 1.17 bits per heavy atom. The van der Waals surface area contributed by atoms with Crippen LogP contribution in [0.5, 0.6) is 0 Å². The lowest BCUT2D eigenvalue weighted by Crippen LogP contribution is -2.30.